The van der Waals surface area contributed by atoms with Crippen LogP contribution in [0.4, 0.5) is 0 Å². The topological polar surface area (TPSA) is 40.9 Å². The fourth-order valence-corrected chi connectivity index (χ4v) is 0.884. The maximum Gasteiger partial charge on any atom is 0.187 e. The van der Waals surface area contributed by atoms with Crippen LogP contribution in [0, 0.1) is 5.41 Å². The van der Waals surface area contributed by atoms with Crippen LogP contribution in [0.2, 0.25) is 0 Å². The zero-order valence-corrected chi connectivity index (χ0v) is 8.06. The van der Waals surface area contributed by atoms with Gasteiger partial charge < -0.3 is 5.41 Å². The number of ketones is 1. The number of carbonyl (C=O) groups excluding carboxylic acids is 1. The highest BCUT2D eigenvalue weighted by molar-refractivity contribution is 6.24. The van der Waals surface area contributed by atoms with Gasteiger partial charge in [0.05, 0.1) is 0 Å². The van der Waals surface area contributed by atoms with Crippen LogP contribution in [-0.4, -0.2) is 11.5 Å². The van der Waals surface area contributed by atoms with Gasteiger partial charge in [0.25, 0.3) is 0 Å². The summed E-state index contributed by atoms with van der Waals surface area (Å²) >= 11 is 0. The summed E-state index contributed by atoms with van der Waals surface area (Å²) < 4.78 is 0. The summed E-state index contributed by atoms with van der Waals surface area (Å²) in [5.74, 6) is -0.0787. The quantitative estimate of drug-likeness (QED) is 0.506. The van der Waals surface area contributed by atoms with Crippen LogP contribution >= 0.6 is 0 Å². The normalized spacial score (nSPS) is 10.8. The number of hydrogen-bond donors (Lipinski definition) is 1. The zero-order chi connectivity index (χ0) is 9.72. The highest BCUT2D eigenvalue weighted by atomic mass is 16.1. The van der Waals surface area contributed by atoms with Crippen LogP contribution in [0.25, 0.3) is 0 Å². The summed E-state index contributed by atoms with van der Waals surface area (Å²) in [5.41, 5.74) is 1.76. The van der Waals surface area contributed by atoms with Crippen molar-refractivity contribution in [1.29, 1.82) is 5.41 Å². The summed E-state index contributed by atoms with van der Waals surface area (Å²) in [6.45, 7) is 7.12. The van der Waals surface area contributed by atoms with E-state index in [4.69, 9.17) is 5.41 Å². The first-order chi connectivity index (χ1) is 5.49. The smallest absolute Gasteiger partial charge is 0.187 e. The Hall–Kier alpha value is -1.18. The number of rotatable bonds is 3. The Morgan fingerprint density at radius 3 is 2.00 bits per heavy atom. The number of hydrogen-bond acceptors (Lipinski definition) is 2. The Kier molecular flexibility index (Phi) is 4.19. The molecule has 0 aliphatic heterocycles. The van der Waals surface area contributed by atoms with Crippen molar-refractivity contribution < 1.29 is 4.79 Å². The van der Waals surface area contributed by atoms with Gasteiger partial charge in [-0.25, -0.2) is 0 Å². The predicted molar refractivity (Wildman–Crippen MR) is 51.6 cm³/mol. The molecule has 0 heterocycles. The molecule has 0 aliphatic rings. The van der Waals surface area contributed by atoms with Crippen LogP contribution in [0.15, 0.2) is 23.3 Å². The lowest BCUT2D eigenvalue weighted by atomic mass is 10.1. The van der Waals surface area contributed by atoms with E-state index >= 15 is 0 Å². The summed E-state index contributed by atoms with van der Waals surface area (Å²) in [7, 11) is 0. The molecule has 0 saturated heterocycles. The van der Waals surface area contributed by atoms with E-state index in [1.54, 1.807) is 26.0 Å². The highest BCUT2D eigenvalue weighted by Gasteiger charge is 2.06. The molecule has 1 N–H and O–H groups in total. The molecule has 0 amide bonds. The van der Waals surface area contributed by atoms with E-state index in [-0.39, 0.29) is 5.78 Å². The molecule has 0 bridgehead atoms. The first-order valence-electron chi connectivity index (χ1n) is 3.90. The Morgan fingerprint density at radius 1 is 1.25 bits per heavy atom. The van der Waals surface area contributed by atoms with Gasteiger partial charge in [-0.1, -0.05) is 11.6 Å². The molecule has 0 spiro atoms. The second kappa shape index (κ2) is 4.65. The number of carbonyl (C=O) groups is 1. The monoisotopic (exact) mass is 165 g/mol. The van der Waals surface area contributed by atoms with Gasteiger partial charge in [0, 0.05) is 11.3 Å². The van der Waals surface area contributed by atoms with Crippen molar-refractivity contribution in [2.75, 3.05) is 0 Å². The molecule has 66 valence electrons. The Bertz CT molecular complexity index is 255. The third kappa shape index (κ3) is 3.28. The van der Waals surface area contributed by atoms with Gasteiger partial charge in [-0.15, -0.1) is 0 Å². The molecule has 0 radical (unpaired) electrons. The molecule has 0 aromatic carbocycles. The van der Waals surface area contributed by atoms with Crippen LogP contribution in [-0.2, 0) is 4.79 Å². The van der Waals surface area contributed by atoms with Crippen molar-refractivity contribution in [1.82, 2.24) is 0 Å². The number of nitrogens with one attached hydrogen (secondary N) is 1. The van der Waals surface area contributed by atoms with Crippen molar-refractivity contribution in [2.45, 2.75) is 27.7 Å². The standard InChI is InChI=1S/C10H15NO/c1-5-9(8(4)11)10(12)6-7(2)3/h5-6,11H,1-4H3/b9-5-,11-8?. The molecule has 12 heavy (non-hydrogen) atoms. The van der Waals surface area contributed by atoms with E-state index in [0.29, 0.717) is 11.3 Å². The fraction of sp³-hybridized carbons (Fsp3) is 0.400. The SMILES string of the molecule is C/C=C(/C(C)=N)C(=O)C=C(C)C. The molecule has 2 heteroatoms. The van der Waals surface area contributed by atoms with Crippen molar-refractivity contribution >= 4 is 11.5 Å². The van der Waals surface area contributed by atoms with Gasteiger partial charge in [-0.2, -0.15) is 0 Å². The van der Waals surface area contributed by atoms with E-state index in [9.17, 15) is 4.79 Å². The zero-order valence-electron chi connectivity index (χ0n) is 8.06. The maximum atomic E-state index is 11.3. The molecule has 0 aliphatic carbocycles. The minimum atomic E-state index is -0.0787. The average Bonchev–Trinajstić information content (AvgIpc) is 1.85. The Labute approximate surface area is 73.5 Å². The summed E-state index contributed by atoms with van der Waals surface area (Å²) in [5, 5.41) is 7.31. The van der Waals surface area contributed by atoms with Gasteiger partial charge in [0.15, 0.2) is 5.78 Å². The minimum absolute atomic E-state index is 0.0787. The fourth-order valence-electron chi connectivity index (χ4n) is 0.884. The van der Waals surface area contributed by atoms with Crippen LogP contribution in [0.5, 0.6) is 0 Å². The van der Waals surface area contributed by atoms with Gasteiger partial charge in [-0.05, 0) is 33.8 Å². The Morgan fingerprint density at radius 2 is 1.75 bits per heavy atom. The lowest BCUT2D eigenvalue weighted by molar-refractivity contribution is -0.110. The summed E-state index contributed by atoms with van der Waals surface area (Å²) in [4.78, 5) is 11.3. The van der Waals surface area contributed by atoms with Gasteiger partial charge in [0.1, 0.15) is 0 Å². The third-order valence-electron chi connectivity index (χ3n) is 1.38. The Balaban J connectivity index is 4.69. The maximum absolute atomic E-state index is 11.3. The molecule has 0 aromatic rings. The predicted octanol–water partition coefficient (Wildman–Crippen LogP) is 2.51. The van der Waals surface area contributed by atoms with E-state index in [1.807, 2.05) is 13.8 Å². The van der Waals surface area contributed by atoms with Gasteiger partial charge in [-0.3, -0.25) is 4.79 Å². The highest BCUT2D eigenvalue weighted by Crippen LogP contribution is 2.02. The average molecular weight is 165 g/mol. The molecular formula is C10H15NO. The second-order valence-corrected chi connectivity index (χ2v) is 2.91. The molecule has 2 nitrogen and oxygen atoms in total. The van der Waals surface area contributed by atoms with E-state index in [2.05, 4.69) is 0 Å². The minimum Gasteiger partial charge on any atom is -0.305 e. The van der Waals surface area contributed by atoms with E-state index in [0.717, 1.165) is 5.57 Å². The molecule has 0 rings (SSSR count). The molecular weight excluding hydrogens is 150 g/mol. The first-order valence-corrected chi connectivity index (χ1v) is 3.90. The van der Waals surface area contributed by atoms with Crippen LogP contribution < -0.4 is 0 Å². The summed E-state index contributed by atoms with van der Waals surface area (Å²) in [6.07, 6.45) is 3.22. The van der Waals surface area contributed by atoms with Gasteiger partial charge >= 0.3 is 0 Å². The molecule has 0 aromatic heterocycles. The molecule has 0 fully saturated rings. The van der Waals surface area contributed by atoms with Crippen molar-refractivity contribution in [3.63, 3.8) is 0 Å². The largest absolute Gasteiger partial charge is 0.305 e. The van der Waals surface area contributed by atoms with E-state index in [1.165, 1.54) is 0 Å². The van der Waals surface area contributed by atoms with Crippen LogP contribution in [0.1, 0.15) is 27.7 Å². The van der Waals surface area contributed by atoms with Crippen molar-refractivity contribution in [3.8, 4) is 0 Å². The molecule has 0 saturated carbocycles. The lowest BCUT2D eigenvalue weighted by Gasteiger charge is -1.99. The van der Waals surface area contributed by atoms with Gasteiger partial charge in [0.2, 0.25) is 0 Å². The lowest BCUT2D eigenvalue weighted by Crippen LogP contribution is -2.06. The number of allylic oxidation sites excluding steroid dienone is 4. The van der Waals surface area contributed by atoms with Crippen molar-refractivity contribution in [2.24, 2.45) is 0 Å². The molecule has 0 unspecified atom stereocenters. The molecule has 0 atom stereocenters. The third-order valence-corrected chi connectivity index (χ3v) is 1.38. The van der Waals surface area contributed by atoms with E-state index < -0.39 is 0 Å². The van der Waals surface area contributed by atoms with Crippen molar-refractivity contribution in [3.05, 3.63) is 23.3 Å². The summed E-state index contributed by atoms with van der Waals surface area (Å²) in [6, 6.07) is 0. The van der Waals surface area contributed by atoms with Crippen LogP contribution in [0.3, 0.4) is 0 Å². The second-order valence-electron chi connectivity index (χ2n) is 2.91. The first kappa shape index (κ1) is 10.8.